The summed E-state index contributed by atoms with van der Waals surface area (Å²) in [7, 11) is -0.226. The maximum atomic E-state index is 6.35. The van der Waals surface area contributed by atoms with E-state index in [0.29, 0.717) is 18.3 Å². The molecule has 3 saturated carbocycles. The molecular weight excluding hydrogens is 531 g/mol. The average molecular weight is 577 g/mol. The molecule has 3 fully saturated rings. The van der Waals surface area contributed by atoms with E-state index in [4.69, 9.17) is 14.2 Å². The first kappa shape index (κ1) is 29.8. The summed E-state index contributed by atoms with van der Waals surface area (Å²) in [5, 5.41) is 0. The number of hydrogen-bond donors (Lipinski definition) is 0. The molecule has 3 aliphatic rings. The van der Waals surface area contributed by atoms with Crippen LogP contribution in [0.3, 0.4) is 0 Å². The molecule has 0 unspecified atom stereocenters. The smallest absolute Gasteiger partial charge is 0.166 e. The van der Waals surface area contributed by atoms with Crippen LogP contribution in [0.4, 0.5) is 0 Å². The Bertz CT molecular complexity index is 1010. The molecule has 0 N–H and O–H groups in total. The molecule has 0 bridgehead atoms. The third-order valence-electron chi connectivity index (χ3n) is 8.74. The van der Waals surface area contributed by atoms with E-state index >= 15 is 0 Å². The second-order valence-corrected chi connectivity index (χ2v) is 13.9. The summed E-state index contributed by atoms with van der Waals surface area (Å²) >= 11 is 0. The first-order valence-electron chi connectivity index (χ1n) is 15.8. The van der Waals surface area contributed by atoms with E-state index in [9.17, 15) is 0 Å². The molecule has 0 saturated heterocycles. The molecule has 0 radical (unpaired) electrons. The van der Waals surface area contributed by atoms with Crippen LogP contribution >= 0.6 is 0 Å². The Hall–Kier alpha value is -2.66. The van der Waals surface area contributed by atoms with Crippen molar-refractivity contribution in [2.75, 3.05) is 0 Å². The number of halogens is 1. The van der Waals surface area contributed by atoms with Gasteiger partial charge >= 0.3 is 0 Å². The van der Waals surface area contributed by atoms with Gasteiger partial charge in [-0.3, -0.25) is 0 Å². The molecule has 0 spiro atoms. The second kappa shape index (κ2) is 15.0. The highest BCUT2D eigenvalue weighted by molar-refractivity contribution is 7.97. The van der Waals surface area contributed by atoms with Crippen LogP contribution in [0.5, 0.6) is 17.2 Å². The minimum Gasteiger partial charge on any atom is -1.00 e. The minimum absolute atomic E-state index is 0. The lowest BCUT2D eigenvalue weighted by atomic mass is 9.98. The normalized spacial score (nSPS) is 19.0. The fourth-order valence-corrected chi connectivity index (χ4v) is 8.54. The van der Waals surface area contributed by atoms with Crippen molar-refractivity contribution in [1.29, 1.82) is 0 Å². The molecule has 0 aromatic heterocycles. The van der Waals surface area contributed by atoms with Crippen LogP contribution in [0.2, 0.25) is 0 Å². The zero-order chi connectivity index (χ0) is 27.0. The molecule has 0 atom stereocenters. The van der Waals surface area contributed by atoms with E-state index in [-0.39, 0.29) is 15.6 Å². The van der Waals surface area contributed by atoms with E-state index in [0.717, 1.165) is 17.2 Å². The number of hydrogen-bond acceptors (Lipinski definition) is 3. The van der Waals surface area contributed by atoms with Crippen LogP contribution in [-0.2, 0) is 10.9 Å². The molecule has 0 heterocycles. The fraction of sp³-hybridized carbons (Fsp3) is 0.500. The maximum Gasteiger partial charge on any atom is 0.166 e. The van der Waals surface area contributed by atoms with Crippen LogP contribution in [0.25, 0.3) is 0 Å². The topological polar surface area (TPSA) is 27.7 Å². The van der Waals surface area contributed by atoms with Crippen molar-refractivity contribution in [2.24, 2.45) is 0 Å². The first-order chi connectivity index (χ1) is 19.8. The molecule has 0 aliphatic heterocycles. The molecule has 0 amide bonds. The Balaban J connectivity index is 0.00000337. The van der Waals surface area contributed by atoms with E-state index in [1.54, 1.807) is 0 Å². The molecule has 3 aromatic carbocycles. The summed E-state index contributed by atoms with van der Waals surface area (Å²) in [6, 6.07) is 26.6. The van der Waals surface area contributed by atoms with E-state index in [1.165, 1.54) is 111 Å². The van der Waals surface area contributed by atoms with Crippen molar-refractivity contribution < 1.29 is 18.9 Å². The number of ether oxygens (including phenoxy) is 3. The number of benzene rings is 3. The number of rotatable bonds is 9. The first-order valence-corrected chi connectivity index (χ1v) is 17.1. The van der Waals surface area contributed by atoms with Crippen molar-refractivity contribution in [3.8, 4) is 17.2 Å². The molecule has 3 aromatic rings. The molecule has 3 nitrogen and oxygen atoms in total. The molecule has 41 heavy (non-hydrogen) atoms. The van der Waals surface area contributed by atoms with Gasteiger partial charge in [0.2, 0.25) is 0 Å². The SMILES string of the molecule is [F-].c1cc([S+](c2ccc(OC3CCCCC3)cc2)c2ccc(OC3CCCCC3)cc2)ccc1OC1CCCCC1. The van der Waals surface area contributed by atoms with Gasteiger partial charge in [-0.2, -0.15) is 0 Å². The van der Waals surface area contributed by atoms with Gasteiger partial charge in [-0.25, -0.2) is 0 Å². The maximum absolute atomic E-state index is 6.35. The van der Waals surface area contributed by atoms with E-state index in [2.05, 4.69) is 72.8 Å². The summed E-state index contributed by atoms with van der Waals surface area (Å²) < 4.78 is 19.0. The van der Waals surface area contributed by atoms with E-state index < -0.39 is 0 Å². The summed E-state index contributed by atoms with van der Waals surface area (Å²) in [6.07, 6.45) is 19.9. The lowest BCUT2D eigenvalue weighted by Gasteiger charge is -2.23. The van der Waals surface area contributed by atoms with Gasteiger partial charge < -0.3 is 18.9 Å². The molecule has 3 aliphatic carbocycles. The molecule has 220 valence electrons. The Morgan fingerprint density at radius 2 is 0.610 bits per heavy atom. The lowest BCUT2D eigenvalue weighted by Crippen LogP contribution is -3.00. The zero-order valence-electron chi connectivity index (χ0n) is 24.3. The van der Waals surface area contributed by atoms with Crippen molar-refractivity contribution in [3.63, 3.8) is 0 Å². The largest absolute Gasteiger partial charge is 1.00 e. The van der Waals surface area contributed by atoms with Gasteiger partial charge in [0.1, 0.15) is 17.2 Å². The summed E-state index contributed by atoms with van der Waals surface area (Å²) in [4.78, 5) is 3.91. The van der Waals surface area contributed by atoms with Gasteiger partial charge in [0.05, 0.1) is 29.2 Å². The summed E-state index contributed by atoms with van der Waals surface area (Å²) in [6.45, 7) is 0. The monoisotopic (exact) mass is 576 g/mol. The zero-order valence-corrected chi connectivity index (χ0v) is 25.1. The van der Waals surface area contributed by atoms with Crippen molar-refractivity contribution >= 4 is 10.9 Å². The van der Waals surface area contributed by atoms with Gasteiger partial charge in [-0.1, -0.05) is 19.3 Å². The van der Waals surface area contributed by atoms with Crippen molar-refractivity contribution in [2.45, 2.75) is 129 Å². The highest BCUT2D eigenvalue weighted by Gasteiger charge is 2.30. The Labute approximate surface area is 248 Å². The van der Waals surface area contributed by atoms with Crippen LogP contribution in [0.1, 0.15) is 96.3 Å². The van der Waals surface area contributed by atoms with Crippen LogP contribution in [-0.4, -0.2) is 18.3 Å². The van der Waals surface area contributed by atoms with Crippen LogP contribution < -0.4 is 18.9 Å². The van der Waals surface area contributed by atoms with Gasteiger partial charge in [0.15, 0.2) is 14.7 Å². The van der Waals surface area contributed by atoms with Gasteiger partial charge in [0.25, 0.3) is 0 Å². The Morgan fingerprint density at radius 1 is 0.366 bits per heavy atom. The van der Waals surface area contributed by atoms with Crippen molar-refractivity contribution in [3.05, 3.63) is 72.8 Å². The standard InChI is InChI=1S/C36H45O3S.FH/c1-4-10-28(11-5-1)37-31-16-22-34(23-17-31)40(35-24-18-32(19-25-35)38-29-12-6-2-7-13-29)36-26-20-33(21-27-36)39-30-14-8-3-9-15-30;/h16-30H,1-15H2;1H/q+1;/p-1. The Morgan fingerprint density at radius 3 is 0.854 bits per heavy atom. The lowest BCUT2D eigenvalue weighted by molar-refractivity contribution is -0.0000116. The van der Waals surface area contributed by atoms with Crippen LogP contribution in [0.15, 0.2) is 87.5 Å². The molecule has 6 rings (SSSR count). The van der Waals surface area contributed by atoms with Gasteiger partial charge in [0, 0.05) is 0 Å². The predicted molar refractivity (Wildman–Crippen MR) is 164 cm³/mol. The van der Waals surface area contributed by atoms with Crippen molar-refractivity contribution in [1.82, 2.24) is 0 Å². The summed E-state index contributed by atoms with van der Waals surface area (Å²) in [5.74, 6) is 2.98. The third kappa shape index (κ3) is 8.22. The highest BCUT2D eigenvalue weighted by Crippen LogP contribution is 2.35. The van der Waals surface area contributed by atoms with Crippen LogP contribution in [0, 0.1) is 0 Å². The van der Waals surface area contributed by atoms with E-state index in [1.807, 2.05) is 0 Å². The average Bonchev–Trinajstić information content (AvgIpc) is 3.01. The molecule has 5 heteroatoms. The van der Waals surface area contributed by atoms with Gasteiger partial charge in [-0.15, -0.1) is 0 Å². The minimum atomic E-state index is -0.226. The van der Waals surface area contributed by atoms with Gasteiger partial charge in [-0.05, 0) is 150 Å². The second-order valence-electron chi connectivity index (χ2n) is 11.9. The molecular formula is C36H45FO3S. The third-order valence-corrected chi connectivity index (χ3v) is 11.0. The quantitative estimate of drug-likeness (QED) is 0.259. The fourth-order valence-electron chi connectivity index (χ4n) is 6.50. The summed E-state index contributed by atoms with van der Waals surface area (Å²) in [5.41, 5.74) is 0. The Kier molecular flexibility index (Phi) is 10.9. The highest BCUT2D eigenvalue weighted by atomic mass is 32.2. The predicted octanol–water partition coefficient (Wildman–Crippen LogP) is 6.92.